The number of rotatable bonds is 2. The predicted octanol–water partition coefficient (Wildman–Crippen LogP) is 5.97. The van der Waals surface area contributed by atoms with Gasteiger partial charge in [0.25, 0.3) is 0 Å². The lowest BCUT2D eigenvalue weighted by molar-refractivity contribution is 0.00853. The van der Waals surface area contributed by atoms with Crippen LogP contribution in [-0.4, -0.2) is 5.06 Å². The Morgan fingerprint density at radius 2 is 1.61 bits per heavy atom. The van der Waals surface area contributed by atoms with E-state index in [1.165, 1.54) is 12.0 Å². The monoisotopic (exact) mass is 324 g/mol. The van der Waals surface area contributed by atoms with E-state index >= 15 is 0 Å². The molecule has 4 rings (SSSR count). The Hall–Kier alpha value is -1.73. The topological polar surface area (TPSA) is 9.23 Å². The standard InChI is InChI=1S/C21H21ClO/c22-21-14-8-7-13-19(21)18(16-9-3-1-4-10-16)15-20(23-21)17-11-5-2-6-12-17/h1-6,9-12,15,18-19H,7-8,13-14H2. The summed E-state index contributed by atoms with van der Waals surface area (Å²) in [4.78, 5) is 0. The fourth-order valence-electron chi connectivity index (χ4n) is 3.96. The average molecular weight is 325 g/mol. The second-order valence-corrected chi connectivity index (χ2v) is 7.21. The maximum atomic E-state index is 7.00. The molecule has 2 aliphatic rings. The van der Waals surface area contributed by atoms with Crippen molar-refractivity contribution in [2.24, 2.45) is 5.92 Å². The quantitative estimate of drug-likeness (QED) is 0.619. The van der Waals surface area contributed by atoms with E-state index in [9.17, 15) is 0 Å². The Morgan fingerprint density at radius 3 is 2.35 bits per heavy atom. The van der Waals surface area contributed by atoms with Gasteiger partial charge in [-0.3, -0.25) is 0 Å². The molecule has 1 heterocycles. The van der Waals surface area contributed by atoms with Gasteiger partial charge in [0.1, 0.15) is 5.76 Å². The normalized spacial score (nSPS) is 30.0. The van der Waals surface area contributed by atoms with Crippen LogP contribution in [0.5, 0.6) is 0 Å². The zero-order valence-electron chi connectivity index (χ0n) is 13.1. The highest BCUT2D eigenvalue weighted by molar-refractivity contribution is 6.23. The second kappa shape index (κ2) is 6.05. The molecule has 3 unspecified atom stereocenters. The summed E-state index contributed by atoms with van der Waals surface area (Å²) < 4.78 is 6.34. The highest BCUT2D eigenvalue weighted by Gasteiger charge is 2.48. The molecule has 0 aromatic heterocycles. The first kappa shape index (κ1) is 14.8. The number of benzene rings is 2. The van der Waals surface area contributed by atoms with E-state index in [-0.39, 0.29) is 0 Å². The zero-order valence-corrected chi connectivity index (χ0v) is 13.9. The molecule has 0 radical (unpaired) electrons. The van der Waals surface area contributed by atoms with Crippen molar-refractivity contribution in [1.82, 2.24) is 0 Å². The molecule has 1 aliphatic carbocycles. The van der Waals surface area contributed by atoms with Crippen LogP contribution in [0.3, 0.4) is 0 Å². The largest absolute Gasteiger partial charge is 0.471 e. The van der Waals surface area contributed by atoms with Gasteiger partial charge in [0.05, 0.1) is 0 Å². The molecule has 2 heteroatoms. The third-order valence-electron chi connectivity index (χ3n) is 5.12. The van der Waals surface area contributed by atoms with Crippen molar-refractivity contribution in [3.63, 3.8) is 0 Å². The number of hydrogen-bond acceptors (Lipinski definition) is 1. The minimum Gasteiger partial charge on any atom is -0.471 e. The van der Waals surface area contributed by atoms with E-state index in [1.807, 2.05) is 18.2 Å². The summed E-state index contributed by atoms with van der Waals surface area (Å²) in [6.45, 7) is 0. The van der Waals surface area contributed by atoms with Gasteiger partial charge in [-0.1, -0.05) is 78.7 Å². The van der Waals surface area contributed by atoms with E-state index in [0.717, 1.165) is 30.6 Å². The average Bonchev–Trinajstić information content (AvgIpc) is 2.61. The van der Waals surface area contributed by atoms with Crippen molar-refractivity contribution < 1.29 is 4.74 Å². The van der Waals surface area contributed by atoms with Gasteiger partial charge < -0.3 is 4.74 Å². The van der Waals surface area contributed by atoms with Crippen LogP contribution in [0.4, 0.5) is 0 Å². The lowest BCUT2D eigenvalue weighted by Gasteiger charge is -2.46. The van der Waals surface area contributed by atoms with Crippen molar-refractivity contribution in [2.45, 2.75) is 36.7 Å². The molecule has 1 fully saturated rings. The third kappa shape index (κ3) is 2.79. The molecule has 0 amide bonds. The maximum Gasteiger partial charge on any atom is 0.186 e. The van der Waals surface area contributed by atoms with Crippen molar-refractivity contribution >= 4 is 17.4 Å². The molecular formula is C21H21ClO. The first-order valence-corrected chi connectivity index (χ1v) is 8.84. The second-order valence-electron chi connectivity index (χ2n) is 6.57. The smallest absolute Gasteiger partial charge is 0.186 e. The number of ether oxygens (including phenoxy) is 1. The molecule has 0 saturated heterocycles. The first-order chi connectivity index (χ1) is 11.3. The van der Waals surface area contributed by atoms with Gasteiger partial charge in [0.2, 0.25) is 0 Å². The Morgan fingerprint density at radius 1 is 0.913 bits per heavy atom. The van der Waals surface area contributed by atoms with E-state index in [0.29, 0.717) is 11.8 Å². The lowest BCUT2D eigenvalue weighted by atomic mass is 9.72. The molecule has 0 spiro atoms. The van der Waals surface area contributed by atoms with Gasteiger partial charge in [0, 0.05) is 23.8 Å². The van der Waals surface area contributed by atoms with Crippen LogP contribution in [0.2, 0.25) is 0 Å². The van der Waals surface area contributed by atoms with Crippen LogP contribution in [0, 0.1) is 5.92 Å². The summed E-state index contributed by atoms with van der Waals surface area (Å²) in [6.07, 6.45) is 6.71. The van der Waals surface area contributed by atoms with Crippen LogP contribution in [-0.2, 0) is 4.74 Å². The molecule has 1 saturated carbocycles. The van der Waals surface area contributed by atoms with Gasteiger partial charge in [-0.05, 0) is 24.5 Å². The first-order valence-electron chi connectivity index (χ1n) is 8.46. The Labute approximate surface area is 142 Å². The molecule has 2 aromatic carbocycles. The summed E-state index contributed by atoms with van der Waals surface area (Å²) >= 11 is 7.00. The molecule has 23 heavy (non-hydrogen) atoms. The molecule has 1 aliphatic heterocycles. The summed E-state index contributed by atoms with van der Waals surface area (Å²) in [7, 11) is 0. The number of allylic oxidation sites excluding steroid dienone is 1. The third-order valence-corrected chi connectivity index (χ3v) is 5.67. The van der Waals surface area contributed by atoms with Crippen LogP contribution in [0.15, 0.2) is 66.7 Å². The Balaban J connectivity index is 1.80. The number of halogens is 1. The van der Waals surface area contributed by atoms with Crippen molar-refractivity contribution in [3.8, 4) is 0 Å². The lowest BCUT2D eigenvalue weighted by Crippen LogP contribution is -2.43. The Bertz CT molecular complexity index is 694. The highest BCUT2D eigenvalue weighted by Crippen LogP contribution is 2.53. The van der Waals surface area contributed by atoms with Crippen molar-refractivity contribution in [3.05, 3.63) is 77.9 Å². The van der Waals surface area contributed by atoms with Crippen LogP contribution < -0.4 is 0 Å². The van der Waals surface area contributed by atoms with Gasteiger partial charge in [-0.25, -0.2) is 0 Å². The number of fused-ring (bicyclic) bond motifs is 1. The van der Waals surface area contributed by atoms with Crippen molar-refractivity contribution in [2.75, 3.05) is 0 Å². The number of alkyl halides is 1. The summed E-state index contributed by atoms with van der Waals surface area (Å²) in [5.74, 6) is 1.58. The van der Waals surface area contributed by atoms with Gasteiger partial charge >= 0.3 is 0 Å². The minimum absolute atomic E-state index is 0.318. The molecule has 0 N–H and O–H groups in total. The maximum absolute atomic E-state index is 7.00. The molecule has 1 nitrogen and oxygen atoms in total. The van der Waals surface area contributed by atoms with E-state index in [2.05, 4.69) is 48.5 Å². The zero-order chi connectivity index (χ0) is 15.7. The molecular weight excluding hydrogens is 304 g/mol. The predicted molar refractivity (Wildman–Crippen MR) is 95.2 cm³/mol. The molecule has 118 valence electrons. The van der Waals surface area contributed by atoms with E-state index in [4.69, 9.17) is 16.3 Å². The molecule has 2 aromatic rings. The summed E-state index contributed by atoms with van der Waals surface area (Å²) in [6, 6.07) is 21.0. The van der Waals surface area contributed by atoms with Crippen LogP contribution in [0.1, 0.15) is 42.7 Å². The van der Waals surface area contributed by atoms with Crippen molar-refractivity contribution in [1.29, 1.82) is 0 Å². The fraction of sp³-hybridized carbons (Fsp3) is 0.333. The SMILES string of the molecule is ClC12CCCCC1C(c1ccccc1)C=C(c1ccccc1)O2. The van der Waals surface area contributed by atoms with Gasteiger partial charge in [-0.15, -0.1) is 0 Å². The fourth-order valence-corrected chi connectivity index (χ4v) is 4.42. The minimum atomic E-state index is -0.571. The van der Waals surface area contributed by atoms with Crippen LogP contribution >= 0.6 is 11.6 Å². The number of hydrogen-bond donors (Lipinski definition) is 0. The van der Waals surface area contributed by atoms with E-state index in [1.54, 1.807) is 0 Å². The highest BCUT2D eigenvalue weighted by atomic mass is 35.5. The summed E-state index contributed by atoms with van der Waals surface area (Å²) in [5, 5.41) is -0.571. The van der Waals surface area contributed by atoms with E-state index < -0.39 is 5.06 Å². The molecule has 0 bridgehead atoms. The Kier molecular flexibility index (Phi) is 3.90. The summed E-state index contributed by atoms with van der Waals surface area (Å²) in [5.41, 5.74) is 2.44. The van der Waals surface area contributed by atoms with Gasteiger partial charge in [0.15, 0.2) is 5.06 Å². The van der Waals surface area contributed by atoms with Crippen LogP contribution in [0.25, 0.3) is 5.76 Å². The molecule has 3 atom stereocenters. The van der Waals surface area contributed by atoms with Gasteiger partial charge in [-0.2, -0.15) is 0 Å².